The van der Waals surface area contributed by atoms with Crippen LogP contribution in [0.4, 0.5) is 0 Å². The molecule has 2 heterocycles. The average Bonchev–Trinajstić information content (AvgIpc) is 3.21. The van der Waals surface area contributed by atoms with Crippen molar-refractivity contribution >= 4 is 11.2 Å². The highest BCUT2D eigenvalue weighted by Gasteiger charge is 2.14. The van der Waals surface area contributed by atoms with E-state index >= 15 is 0 Å². The molecule has 33 heavy (non-hydrogen) atoms. The van der Waals surface area contributed by atoms with Gasteiger partial charge in [-0.1, -0.05) is 68.9 Å². The smallest absolute Gasteiger partial charge is 0.332 e. The first kappa shape index (κ1) is 24.9. The van der Waals surface area contributed by atoms with Crippen LogP contribution in [0.2, 0.25) is 0 Å². The lowest BCUT2D eigenvalue weighted by Crippen LogP contribution is -2.39. The zero-order valence-corrected chi connectivity index (χ0v) is 19.9. The van der Waals surface area contributed by atoms with Gasteiger partial charge in [-0.2, -0.15) is 0 Å². The van der Waals surface area contributed by atoms with Crippen molar-refractivity contribution in [2.75, 3.05) is 6.54 Å². The fraction of sp³-hybridized carbons (Fsp3) is 0.560. The minimum absolute atomic E-state index is 0.259. The lowest BCUT2D eigenvalue weighted by atomic mass is 10.1. The van der Waals surface area contributed by atoms with E-state index in [1.54, 1.807) is 25.0 Å². The first-order chi connectivity index (χ1) is 16.0. The van der Waals surface area contributed by atoms with Gasteiger partial charge in [-0.05, 0) is 18.4 Å². The first-order valence-corrected chi connectivity index (χ1v) is 12.0. The number of aromatic nitrogens is 4. The van der Waals surface area contributed by atoms with Crippen molar-refractivity contribution in [3.8, 4) is 0 Å². The van der Waals surface area contributed by atoms with Gasteiger partial charge < -0.3 is 15.0 Å². The SMILES string of the molecule is Cn1cnc2c1c(=O)n(CCCCCCCCCC(O)CNCc1ccccc1)c(=O)n2C. The van der Waals surface area contributed by atoms with E-state index in [1.165, 1.54) is 14.7 Å². The van der Waals surface area contributed by atoms with Gasteiger partial charge in [-0.25, -0.2) is 9.78 Å². The van der Waals surface area contributed by atoms with E-state index in [0.717, 1.165) is 57.9 Å². The molecule has 1 aromatic carbocycles. The number of aliphatic hydroxyl groups is 1. The van der Waals surface area contributed by atoms with Crippen molar-refractivity contribution < 1.29 is 5.11 Å². The number of aliphatic hydroxyl groups excluding tert-OH is 1. The number of benzene rings is 1. The van der Waals surface area contributed by atoms with Crippen LogP contribution in [0.3, 0.4) is 0 Å². The lowest BCUT2D eigenvalue weighted by molar-refractivity contribution is 0.157. The number of fused-ring (bicyclic) bond motifs is 1. The molecule has 3 aromatic rings. The molecule has 0 bridgehead atoms. The van der Waals surface area contributed by atoms with Gasteiger partial charge in [0.1, 0.15) is 0 Å². The summed E-state index contributed by atoms with van der Waals surface area (Å²) in [7, 11) is 3.43. The highest BCUT2D eigenvalue weighted by molar-refractivity contribution is 5.69. The van der Waals surface area contributed by atoms with Crippen LogP contribution in [0.1, 0.15) is 56.9 Å². The first-order valence-electron chi connectivity index (χ1n) is 12.0. The Labute approximate surface area is 194 Å². The summed E-state index contributed by atoms with van der Waals surface area (Å²) in [6.07, 6.45) is 9.41. The van der Waals surface area contributed by atoms with E-state index < -0.39 is 0 Å². The van der Waals surface area contributed by atoms with Crippen molar-refractivity contribution in [1.29, 1.82) is 0 Å². The summed E-state index contributed by atoms with van der Waals surface area (Å²) >= 11 is 0. The molecule has 2 aromatic heterocycles. The molecular weight excluding hydrogens is 418 g/mol. The molecular formula is C25H37N5O3. The van der Waals surface area contributed by atoms with Crippen molar-refractivity contribution in [2.24, 2.45) is 14.1 Å². The van der Waals surface area contributed by atoms with Gasteiger partial charge in [0.25, 0.3) is 5.56 Å². The number of nitrogens with zero attached hydrogens (tertiary/aromatic N) is 4. The maximum atomic E-state index is 12.7. The summed E-state index contributed by atoms with van der Waals surface area (Å²) in [6.45, 7) is 1.85. The summed E-state index contributed by atoms with van der Waals surface area (Å²) in [5.74, 6) is 0. The number of imidazole rings is 1. The van der Waals surface area contributed by atoms with Crippen molar-refractivity contribution in [1.82, 2.24) is 24.0 Å². The Balaban J connectivity index is 1.26. The second-order valence-electron chi connectivity index (χ2n) is 8.86. The Kier molecular flexibility index (Phi) is 9.45. The normalized spacial score (nSPS) is 12.5. The predicted molar refractivity (Wildman–Crippen MR) is 131 cm³/mol. The Bertz CT molecular complexity index is 1120. The molecule has 1 unspecified atom stereocenters. The molecule has 0 radical (unpaired) electrons. The third-order valence-corrected chi connectivity index (χ3v) is 6.17. The highest BCUT2D eigenvalue weighted by atomic mass is 16.3. The molecule has 3 rings (SSSR count). The summed E-state index contributed by atoms with van der Waals surface area (Å²) in [5.41, 5.74) is 1.57. The quantitative estimate of drug-likeness (QED) is 0.365. The maximum absolute atomic E-state index is 12.7. The van der Waals surface area contributed by atoms with Crippen LogP contribution in [0.15, 0.2) is 46.2 Å². The minimum atomic E-state index is -0.303. The Morgan fingerprint density at radius 3 is 2.36 bits per heavy atom. The van der Waals surface area contributed by atoms with E-state index in [0.29, 0.717) is 24.3 Å². The molecule has 0 fully saturated rings. The van der Waals surface area contributed by atoms with E-state index in [-0.39, 0.29) is 17.4 Å². The van der Waals surface area contributed by atoms with Crippen LogP contribution >= 0.6 is 0 Å². The van der Waals surface area contributed by atoms with E-state index in [1.807, 2.05) is 18.2 Å². The topological polar surface area (TPSA) is 94.1 Å². The fourth-order valence-corrected chi connectivity index (χ4v) is 4.21. The third-order valence-electron chi connectivity index (χ3n) is 6.17. The lowest BCUT2D eigenvalue weighted by Gasteiger charge is -2.12. The molecule has 8 heteroatoms. The predicted octanol–water partition coefficient (Wildman–Crippen LogP) is 2.71. The number of unbranched alkanes of at least 4 members (excludes halogenated alkanes) is 6. The summed E-state index contributed by atoms with van der Waals surface area (Å²) in [4.78, 5) is 29.3. The van der Waals surface area contributed by atoms with Crippen molar-refractivity contribution in [3.63, 3.8) is 0 Å². The van der Waals surface area contributed by atoms with Crippen LogP contribution in [0.5, 0.6) is 0 Å². The van der Waals surface area contributed by atoms with Gasteiger partial charge in [-0.15, -0.1) is 0 Å². The summed E-state index contributed by atoms with van der Waals surface area (Å²) in [5, 5.41) is 13.4. The van der Waals surface area contributed by atoms with Crippen LogP contribution in [0, 0.1) is 0 Å². The molecule has 0 amide bonds. The molecule has 2 N–H and O–H groups in total. The fourth-order valence-electron chi connectivity index (χ4n) is 4.21. The van der Waals surface area contributed by atoms with Crippen LogP contribution < -0.4 is 16.6 Å². The van der Waals surface area contributed by atoms with Gasteiger partial charge in [-0.3, -0.25) is 13.9 Å². The van der Waals surface area contributed by atoms with E-state index in [4.69, 9.17) is 0 Å². The second kappa shape index (κ2) is 12.5. The molecule has 0 aliphatic carbocycles. The molecule has 8 nitrogen and oxygen atoms in total. The highest BCUT2D eigenvalue weighted by Crippen LogP contribution is 2.11. The van der Waals surface area contributed by atoms with Gasteiger partial charge in [0.2, 0.25) is 0 Å². The number of rotatable bonds is 14. The molecule has 1 atom stereocenters. The number of aryl methyl sites for hydroxylation is 2. The second-order valence-corrected chi connectivity index (χ2v) is 8.86. The molecule has 0 saturated heterocycles. The zero-order chi connectivity index (χ0) is 23.6. The van der Waals surface area contributed by atoms with Crippen molar-refractivity contribution in [3.05, 3.63) is 63.1 Å². The maximum Gasteiger partial charge on any atom is 0.332 e. The standard InChI is InChI=1S/C25H37N5O3/c1-28-19-27-23-22(28)24(32)30(25(33)29(23)2)16-12-7-5-3-4-6-11-15-21(31)18-26-17-20-13-9-8-10-14-20/h8-10,13-14,19,21,26,31H,3-7,11-12,15-18H2,1-2H3. The van der Waals surface area contributed by atoms with Gasteiger partial charge in [0, 0.05) is 33.7 Å². The Hall–Kier alpha value is -2.71. The number of nitrogens with one attached hydrogen (secondary N) is 1. The number of hydrogen-bond acceptors (Lipinski definition) is 5. The third kappa shape index (κ3) is 6.88. The number of hydrogen-bond donors (Lipinski definition) is 2. The minimum Gasteiger partial charge on any atom is -0.392 e. The van der Waals surface area contributed by atoms with Crippen LogP contribution in [0.25, 0.3) is 11.2 Å². The Morgan fingerprint density at radius 1 is 0.970 bits per heavy atom. The molecule has 0 aliphatic heterocycles. The molecule has 180 valence electrons. The van der Waals surface area contributed by atoms with Crippen LogP contribution in [-0.2, 0) is 27.2 Å². The Morgan fingerprint density at radius 2 is 1.64 bits per heavy atom. The van der Waals surface area contributed by atoms with E-state index in [9.17, 15) is 14.7 Å². The van der Waals surface area contributed by atoms with Gasteiger partial charge in [0.05, 0.1) is 12.4 Å². The molecule has 0 saturated carbocycles. The van der Waals surface area contributed by atoms with Crippen LogP contribution in [-0.4, -0.2) is 36.4 Å². The largest absolute Gasteiger partial charge is 0.392 e. The summed E-state index contributed by atoms with van der Waals surface area (Å²) in [6, 6.07) is 10.2. The average molecular weight is 456 g/mol. The van der Waals surface area contributed by atoms with Gasteiger partial charge >= 0.3 is 5.69 Å². The molecule has 0 aliphatic rings. The summed E-state index contributed by atoms with van der Waals surface area (Å²) < 4.78 is 4.45. The zero-order valence-electron chi connectivity index (χ0n) is 19.9. The van der Waals surface area contributed by atoms with E-state index in [2.05, 4.69) is 22.4 Å². The van der Waals surface area contributed by atoms with Gasteiger partial charge in [0.15, 0.2) is 11.2 Å². The van der Waals surface area contributed by atoms with Crippen molar-refractivity contribution in [2.45, 2.75) is 70.6 Å². The monoisotopic (exact) mass is 455 g/mol. The molecule has 0 spiro atoms.